The Morgan fingerprint density at radius 3 is 2.25 bits per heavy atom. The van der Waals surface area contributed by atoms with Gasteiger partial charge in [0, 0.05) is 11.4 Å². The standard InChI is InChI=1S/C11H17NO3S/c1-3-16(14,15)8(2)11(13)9-4-6-10(12)7-5-9/h4-8,11,13H,3,12H2,1-2H3. The third-order valence-electron chi connectivity index (χ3n) is 2.69. The van der Waals surface area contributed by atoms with Gasteiger partial charge in [-0.15, -0.1) is 0 Å². The van der Waals surface area contributed by atoms with E-state index in [1.54, 1.807) is 31.2 Å². The number of aliphatic hydroxyl groups excluding tert-OH is 1. The highest BCUT2D eigenvalue weighted by Crippen LogP contribution is 2.23. The number of sulfone groups is 1. The van der Waals surface area contributed by atoms with Crippen LogP contribution in [-0.4, -0.2) is 24.5 Å². The fourth-order valence-corrected chi connectivity index (χ4v) is 2.50. The van der Waals surface area contributed by atoms with Gasteiger partial charge in [0.1, 0.15) is 0 Å². The van der Waals surface area contributed by atoms with Crippen LogP contribution in [0, 0.1) is 0 Å². The summed E-state index contributed by atoms with van der Waals surface area (Å²) in [6, 6.07) is 6.57. The SMILES string of the molecule is CCS(=O)(=O)C(C)C(O)c1ccc(N)cc1. The maximum Gasteiger partial charge on any atom is 0.155 e. The number of nitrogens with two attached hydrogens (primary N) is 1. The topological polar surface area (TPSA) is 80.4 Å². The van der Waals surface area contributed by atoms with Gasteiger partial charge in [-0.05, 0) is 24.6 Å². The van der Waals surface area contributed by atoms with Crippen molar-refractivity contribution in [1.29, 1.82) is 0 Å². The second-order valence-corrected chi connectivity index (χ2v) is 6.41. The fourth-order valence-electron chi connectivity index (χ4n) is 1.42. The Hall–Kier alpha value is -1.07. The second kappa shape index (κ2) is 4.84. The summed E-state index contributed by atoms with van der Waals surface area (Å²) in [6.45, 7) is 3.08. The van der Waals surface area contributed by atoms with Crippen molar-refractivity contribution in [2.45, 2.75) is 25.2 Å². The van der Waals surface area contributed by atoms with Gasteiger partial charge in [0.25, 0.3) is 0 Å². The Labute approximate surface area is 96.0 Å². The molecule has 0 radical (unpaired) electrons. The Morgan fingerprint density at radius 2 is 1.81 bits per heavy atom. The monoisotopic (exact) mass is 243 g/mol. The van der Waals surface area contributed by atoms with Crippen molar-refractivity contribution in [3.05, 3.63) is 29.8 Å². The fraction of sp³-hybridized carbons (Fsp3) is 0.455. The minimum absolute atomic E-state index is 0.0280. The molecule has 1 rings (SSSR count). The molecule has 0 saturated heterocycles. The second-order valence-electron chi connectivity index (χ2n) is 3.77. The number of rotatable bonds is 4. The number of benzene rings is 1. The van der Waals surface area contributed by atoms with Crippen molar-refractivity contribution in [2.24, 2.45) is 0 Å². The minimum atomic E-state index is -3.24. The molecule has 1 aromatic carbocycles. The van der Waals surface area contributed by atoms with Crippen LogP contribution in [0.3, 0.4) is 0 Å². The predicted molar refractivity (Wildman–Crippen MR) is 64.7 cm³/mol. The minimum Gasteiger partial charge on any atom is -0.399 e. The third kappa shape index (κ3) is 2.74. The summed E-state index contributed by atoms with van der Waals surface area (Å²) >= 11 is 0. The van der Waals surface area contributed by atoms with Gasteiger partial charge in [-0.2, -0.15) is 0 Å². The average molecular weight is 243 g/mol. The molecule has 0 bridgehead atoms. The molecule has 0 aliphatic rings. The predicted octanol–water partition coefficient (Wildman–Crippen LogP) is 1.13. The Balaban J connectivity index is 2.94. The Morgan fingerprint density at radius 1 is 1.31 bits per heavy atom. The molecular weight excluding hydrogens is 226 g/mol. The molecular formula is C11H17NO3S. The summed E-state index contributed by atoms with van der Waals surface area (Å²) in [5.74, 6) is 0.0280. The summed E-state index contributed by atoms with van der Waals surface area (Å²) < 4.78 is 23.2. The zero-order valence-electron chi connectivity index (χ0n) is 9.42. The molecule has 0 spiro atoms. The van der Waals surface area contributed by atoms with Gasteiger partial charge in [-0.25, -0.2) is 8.42 Å². The van der Waals surface area contributed by atoms with Crippen molar-refractivity contribution >= 4 is 15.5 Å². The first-order chi connectivity index (χ1) is 7.38. The Kier molecular flexibility index (Phi) is 3.93. The highest BCUT2D eigenvalue weighted by Gasteiger charge is 2.27. The van der Waals surface area contributed by atoms with E-state index in [1.165, 1.54) is 6.92 Å². The van der Waals surface area contributed by atoms with Gasteiger partial charge in [-0.3, -0.25) is 0 Å². The normalized spacial score (nSPS) is 15.7. The van der Waals surface area contributed by atoms with Crippen LogP contribution >= 0.6 is 0 Å². The molecule has 0 aliphatic carbocycles. The largest absolute Gasteiger partial charge is 0.399 e. The highest BCUT2D eigenvalue weighted by atomic mass is 32.2. The smallest absolute Gasteiger partial charge is 0.155 e. The third-order valence-corrected chi connectivity index (χ3v) is 4.89. The van der Waals surface area contributed by atoms with E-state index in [-0.39, 0.29) is 5.75 Å². The molecule has 2 unspecified atom stereocenters. The lowest BCUT2D eigenvalue weighted by Crippen LogP contribution is -2.26. The van der Waals surface area contributed by atoms with Crippen molar-refractivity contribution in [2.75, 3.05) is 11.5 Å². The molecule has 0 aromatic heterocycles. The van der Waals surface area contributed by atoms with Crippen LogP contribution in [0.2, 0.25) is 0 Å². The molecule has 16 heavy (non-hydrogen) atoms. The quantitative estimate of drug-likeness (QED) is 0.777. The molecule has 0 heterocycles. The molecule has 4 nitrogen and oxygen atoms in total. The van der Waals surface area contributed by atoms with Crippen molar-refractivity contribution in [3.8, 4) is 0 Å². The molecule has 1 aromatic rings. The lowest BCUT2D eigenvalue weighted by Gasteiger charge is -2.18. The zero-order chi connectivity index (χ0) is 12.3. The van der Waals surface area contributed by atoms with E-state index in [0.29, 0.717) is 11.3 Å². The van der Waals surface area contributed by atoms with E-state index in [4.69, 9.17) is 5.73 Å². The van der Waals surface area contributed by atoms with Gasteiger partial charge >= 0.3 is 0 Å². The van der Waals surface area contributed by atoms with Crippen LogP contribution < -0.4 is 5.73 Å². The molecule has 0 aliphatic heterocycles. The molecule has 0 fully saturated rings. The van der Waals surface area contributed by atoms with E-state index in [9.17, 15) is 13.5 Å². The first-order valence-electron chi connectivity index (χ1n) is 5.13. The summed E-state index contributed by atoms with van der Waals surface area (Å²) in [7, 11) is -3.24. The van der Waals surface area contributed by atoms with Crippen LogP contribution in [0.1, 0.15) is 25.5 Å². The van der Waals surface area contributed by atoms with E-state index in [2.05, 4.69) is 0 Å². The van der Waals surface area contributed by atoms with Crippen LogP contribution in [0.25, 0.3) is 0 Å². The Bertz CT molecular complexity index is 439. The molecule has 90 valence electrons. The number of nitrogen functional groups attached to an aromatic ring is 1. The van der Waals surface area contributed by atoms with Crippen LogP contribution in [-0.2, 0) is 9.84 Å². The molecule has 5 heteroatoms. The van der Waals surface area contributed by atoms with Gasteiger partial charge in [0.05, 0.1) is 11.4 Å². The molecule has 0 amide bonds. The van der Waals surface area contributed by atoms with E-state index in [1.807, 2.05) is 0 Å². The van der Waals surface area contributed by atoms with Gasteiger partial charge in [0.15, 0.2) is 9.84 Å². The van der Waals surface area contributed by atoms with Gasteiger partial charge in [-0.1, -0.05) is 19.1 Å². The summed E-state index contributed by atoms with van der Waals surface area (Å²) in [4.78, 5) is 0. The van der Waals surface area contributed by atoms with Crippen molar-refractivity contribution in [3.63, 3.8) is 0 Å². The zero-order valence-corrected chi connectivity index (χ0v) is 10.2. The number of aliphatic hydroxyl groups is 1. The maximum atomic E-state index is 11.6. The number of anilines is 1. The van der Waals surface area contributed by atoms with E-state index < -0.39 is 21.2 Å². The number of hydrogen-bond acceptors (Lipinski definition) is 4. The molecule has 2 atom stereocenters. The maximum absolute atomic E-state index is 11.6. The summed E-state index contributed by atoms with van der Waals surface area (Å²) in [5, 5.41) is 9.12. The average Bonchev–Trinajstić information content (AvgIpc) is 2.28. The van der Waals surface area contributed by atoms with E-state index >= 15 is 0 Å². The molecule has 3 N–H and O–H groups in total. The number of hydrogen-bond donors (Lipinski definition) is 2. The first kappa shape index (κ1) is 13.0. The van der Waals surface area contributed by atoms with Crippen molar-refractivity contribution in [1.82, 2.24) is 0 Å². The van der Waals surface area contributed by atoms with Crippen molar-refractivity contribution < 1.29 is 13.5 Å². The molecule has 0 saturated carbocycles. The van der Waals surface area contributed by atoms with Crippen LogP contribution in [0.4, 0.5) is 5.69 Å². The lowest BCUT2D eigenvalue weighted by atomic mass is 10.1. The van der Waals surface area contributed by atoms with Crippen LogP contribution in [0.5, 0.6) is 0 Å². The summed E-state index contributed by atoms with van der Waals surface area (Å²) in [5.41, 5.74) is 6.67. The highest BCUT2D eigenvalue weighted by molar-refractivity contribution is 7.92. The first-order valence-corrected chi connectivity index (χ1v) is 6.85. The lowest BCUT2D eigenvalue weighted by molar-refractivity contribution is 0.176. The van der Waals surface area contributed by atoms with E-state index in [0.717, 1.165) is 0 Å². The van der Waals surface area contributed by atoms with Gasteiger partial charge < -0.3 is 10.8 Å². The summed E-state index contributed by atoms with van der Waals surface area (Å²) in [6.07, 6.45) is -1.01. The van der Waals surface area contributed by atoms with Gasteiger partial charge in [0.2, 0.25) is 0 Å². The van der Waals surface area contributed by atoms with Crippen LogP contribution in [0.15, 0.2) is 24.3 Å².